The fourth-order valence-corrected chi connectivity index (χ4v) is 2.16. The number of carbonyl (C=O) groups is 1. The molecule has 23 heavy (non-hydrogen) atoms. The fourth-order valence-electron chi connectivity index (χ4n) is 2.16. The lowest BCUT2D eigenvalue weighted by Crippen LogP contribution is -2.26. The highest BCUT2D eigenvalue weighted by Crippen LogP contribution is 2.20. The highest BCUT2D eigenvalue weighted by Gasteiger charge is 2.12. The molecule has 0 fully saturated rings. The van der Waals surface area contributed by atoms with Crippen LogP contribution in [0.25, 0.3) is 0 Å². The molecule has 1 heterocycles. The van der Waals surface area contributed by atoms with Gasteiger partial charge >= 0.3 is 6.61 Å². The van der Waals surface area contributed by atoms with Gasteiger partial charge in [0.1, 0.15) is 5.75 Å². The first-order chi connectivity index (χ1) is 11.0. The second kappa shape index (κ2) is 8.22. The lowest BCUT2D eigenvalue weighted by Gasteiger charge is -2.15. The van der Waals surface area contributed by atoms with Crippen LogP contribution in [0, 0.1) is 0 Å². The van der Waals surface area contributed by atoms with Gasteiger partial charge in [0.15, 0.2) is 0 Å². The second-order valence-corrected chi connectivity index (χ2v) is 5.10. The number of aromatic nitrogens is 1. The Morgan fingerprint density at radius 2 is 2.13 bits per heavy atom. The molecule has 1 aromatic heterocycles. The normalized spacial score (nSPS) is 12.0. The highest BCUT2D eigenvalue weighted by molar-refractivity contribution is 5.76. The molecule has 0 radical (unpaired) electrons. The van der Waals surface area contributed by atoms with Crippen LogP contribution in [0.4, 0.5) is 8.78 Å². The van der Waals surface area contributed by atoms with E-state index in [1.807, 2.05) is 12.1 Å². The van der Waals surface area contributed by atoms with Crippen LogP contribution < -0.4 is 10.1 Å². The molecule has 0 aliphatic carbocycles. The number of nitrogens with zero attached hydrogens (tertiary/aromatic N) is 1. The van der Waals surface area contributed by atoms with Crippen molar-refractivity contribution in [3.05, 3.63) is 59.9 Å². The summed E-state index contributed by atoms with van der Waals surface area (Å²) in [6.45, 7) is -1.07. The number of rotatable bonds is 7. The number of alkyl halides is 2. The van der Waals surface area contributed by atoms with Crippen LogP contribution in [0.3, 0.4) is 0 Å². The van der Waals surface area contributed by atoms with Crippen LogP contribution in [-0.2, 0) is 11.2 Å². The first-order valence-corrected chi connectivity index (χ1v) is 7.27. The average Bonchev–Trinajstić information content (AvgIpc) is 2.53. The Morgan fingerprint density at radius 1 is 1.30 bits per heavy atom. The zero-order valence-electron chi connectivity index (χ0n) is 12.7. The van der Waals surface area contributed by atoms with E-state index in [9.17, 15) is 13.6 Å². The standard InChI is InChI=1S/C17H18F2N2O2/c1-12(14-5-2-6-15(10-14)23-17(18)19)21-16(22)8-7-13-4-3-9-20-11-13/h2-6,9-12,17H,7-8H2,1H3,(H,21,22)/t12-/m1/s1. The van der Waals surface area contributed by atoms with Gasteiger partial charge in [-0.1, -0.05) is 18.2 Å². The maximum atomic E-state index is 12.2. The van der Waals surface area contributed by atoms with Crippen LogP contribution in [0.5, 0.6) is 5.75 Å². The fraction of sp³-hybridized carbons (Fsp3) is 0.294. The van der Waals surface area contributed by atoms with Gasteiger partial charge in [-0.3, -0.25) is 9.78 Å². The monoisotopic (exact) mass is 320 g/mol. The highest BCUT2D eigenvalue weighted by atomic mass is 19.3. The van der Waals surface area contributed by atoms with E-state index in [0.717, 1.165) is 5.56 Å². The van der Waals surface area contributed by atoms with E-state index in [2.05, 4.69) is 15.0 Å². The molecule has 0 saturated carbocycles. The van der Waals surface area contributed by atoms with E-state index < -0.39 is 6.61 Å². The minimum atomic E-state index is -2.87. The van der Waals surface area contributed by atoms with E-state index in [4.69, 9.17) is 0 Å². The number of hydrogen-bond donors (Lipinski definition) is 1. The third-order valence-corrected chi connectivity index (χ3v) is 3.32. The predicted octanol–water partition coefficient (Wildman–Crippen LogP) is 3.49. The summed E-state index contributed by atoms with van der Waals surface area (Å²) >= 11 is 0. The SMILES string of the molecule is C[C@@H](NC(=O)CCc1cccnc1)c1cccc(OC(F)F)c1. The molecule has 0 spiro atoms. The summed E-state index contributed by atoms with van der Waals surface area (Å²) in [5.74, 6) is -0.0320. The molecule has 0 aliphatic rings. The molecular formula is C17H18F2N2O2. The van der Waals surface area contributed by atoms with Gasteiger partial charge in [0, 0.05) is 18.8 Å². The van der Waals surface area contributed by atoms with Crippen LogP contribution in [0.1, 0.15) is 30.5 Å². The van der Waals surface area contributed by atoms with Crippen molar-refractivity contribution in [2.45, 2.75) is 32.4 Å². The molecule has 0 unspecified atom stereocenters. The summed E-state index contributed by atoms with van der Waals surface area (Å²) in [6.07, 6.45) is 4.34. The van der Waals surface area contributed by atoms with E-state index in [0.29, 0.717) is 18.4 Å². The maximum Gasteiger partial charge on any atom is 0.387 e. The molecule has 1 amide bonds. The Hall–Kier alpha value is -2.50. The van der Waals surface area contributed by atoms with Gasteiger partial charge in [0.2, 0.25) is 5.91 Å². The Morgan fingerprint density at radius 3 is 2.83 bits per heavy atom. The Labute approximate surface area is 133 Å². The van der Waals surface area contributed by atoms with E-state index >= 15 is 0 Å². The lowest BCUT2D eigenvalue weighted by molar-refractivity contribution is -0.121. The van der Waals surface area contributed by atoms with Gasteiger partial charge in [-0.05, 0) is 42.7 Å². The largest absolute Gasteiger partial charge is 0.435 e. The van der Waals surface area contributed by atoms with Crippen molar-refractivity contribution in [1.29, 1.82) is 0 Å². The third kappa shape index (κ3) is 5.65. The summed E-state index contributed by atoms with van der Waals surface area (Å²) in [7, 11) is 0. The first kappa shape index (κ1) is 16.9. The van der Waals surface area contributed by atoms with E-state index in [-0.39, 0.29) is 17.7 Å². The van der Waals surface area contributed by atoms with Gasteiger partial charge < -0.3 is 10.1 Å². The van der Waals surface area contributed by atoms with Crippen LogP contribution in [0.15, 0.2) is 48.8 Å². The van der Waals surface area contributed by atoms with Crippen molar-refractivity contribution in [2.75, 3.05) is 0 Å². The number of benzene rings is 1. The summed E-state index contributed by atoms with van der Waals surface area (Å²) < 4.78 is 28.8. The molecule has 6 heteroatoms. The van der Waals surface area contributed by atoms with Crippen molar-refractivity contribution >= 4 is 5.91 Å². The minimum absolute atomic E-state index is 0.0777. The molecule has 1 aromatic carbocycles. The molecule has 2 aromatic rings. The molecule has 1 atom stereocenters. The van der Waals surface area contributed by atoms with Gasteiger partial charge in [0.25, 0.3) is 0 Å². The molecule has 0 saturated heterocycles. The van der Waals surface area contributed by atoms with Gasteiger partial charge in [0.05, 0.1) is 6.04 Å². The number of amides is 1. The maximum absolute atomic E-state index is 12.2. The Kier molecular flexibility index (Phi) is 6.02. The van der Waals surface area contributed by atoms with Crippen LogP contribution in [0.2, 0.25) is 0 Å². The van der Waals surface area contributed by atoms with Crippen LogP contribution >= 0.6 is 0 Å². The lowest BCUT2D eigenvalue weighted by atomic mass is 10.1. The Balaban J connectivity index is 1.88. The molecule has 2 rings (SSSR count). The molecule has 0 aliphatic heterocycles. The second-order valence-electron chi connectivity index (χ2n) is 5.10. The molecule has 0 bridgehead atoms. The third-order valence-electron chi connectivity index (χ3n) is 3.32. The van der Waals surface area contributed by atoms with Crippen molar-refractivity contribution in [3.8, 4) is 5.75 Å². The number of halogens is 2. The predicted molar refractivity (Wildman–Crippen MR) is 82.2 cm³/mol. The van der Waals surface area contributed by atoms with Gasteiger partial charge in [-0.25, -0.2) is 0 Å². The minimum Gasteiger partial charge on any atom is -0.435 e. The number of aryl methyl sites for hydroxylation is 1. The van der Waals surface area contributed by atoms with E-state index in [1.165, 1.54) is 12.1 Å². The number of carbonyl (C=O) groups excluding carboxylic acids is 1. The van der Waals surface area contributed by atoms with E-state index in [1.54, 1.807) is 31.5 Å². The van der Waals surface area contributed by atoms with Gasteiger partial charge in [-0.2, -0.15) is 8.78 Å². The van der Waals surface area contributed by atoms with Crippen molar-refractivity contribution in [2.24, 2.45) is 0 Å². The average molecular weight is 320 g/mol. The molecule has 122 valence electrons. The molecule has 4 nitrogen and oxygen atoms in total. The zero-order chi connectivity index (χ0) is 16.7. The van der Waals surface area contributed by atoms with Crippen LogP contribution in [-0.4, -0.2) is 17.5 Å². The summed E-state index contributed by atoms with van der Waals surface area (Å²) in [6, 6.07) is 9.76. The smallest absolute Gasteiger partial charge is 0.387 e. The number of hydrogen-bond acceptors (Lipinski definition) is 3. The quantitative estimate of drug-likeness (QED) is 0.849. The van der Waals surface area contributed by atoms with Crippen molar-refractivity contribution < 1.29 is 18.3 Å². The summed E-state index contributed by atoms with van der Waals surface area (Å²) in [4.78, 5) is 16.0. The number of nitrogens with one attached hydrogen (secondary N) is 1. The summed E-state index contributed by atoms with van der Waals surface area (Å²) in [5, 5.41) is 2.84. The summed E-state index contributed by atoms with van der Waals surface area (Å²) in [5.41, 5.74) is 1.69. The first-order valence-electron chi connectivity index (χ1n) is 7.27. The van der Waals surface area contributed by atoms with Crippen molar-refractivity contribution in [1.82, 2.24) is 10.3 Å². The topological polar surface area (TPSA) is 51.2 Å². The molecule has 1 N–H and O–H groups in total. The van der Waals surface area contributed by atoms with Gasteiger partial charge in [-0.15, -0.1) is 0 Å². The molecular weight excluding hydrogens is 302 g/mol. The Bertz CT molecular complexity index is 636. The number of ether oxygens (including phenoxy) is 1. The zero-order valence-corrected chi connectivity index (χ0v) is 12.7. The number of pyridine rings is 1. The van der Waals surface area contributed by atoms with Crippen molar-refractivity contribution in [3.63, 3.8) is 0 Å².